The summed E-state index contributed by atoms with van der Waals surface area (Å²) in [7, 11) is 0. The van der Waals surface area contributed by atoms with E-state index in [9.17, 15) is 4.79 Å². The molecule has 0 aromatic rings. The summed E-state index contributed by atoms with van der Waals surface area (Å²) in [6, 6.07) is 0. The van der Waals surface area contributed by atoms with Crippen LogP contribution in [-0.4, -0.2) is 50.1 Å². The van der Waals surface area contributed by atoms with Crippen molar-refractivity contribution in [1.82, 2.24) is 15.5 Å². The second-order valence-electron chi connectivity index (χ2n) is 6.54. The van der Waals surface area contributed by atoms with Crippen molar-refractivity contribution >= 4 is 30.7 Å². The Morgan fingerprint density at radius 2 is 2.00 bits per heavy atom. The number of piperidine rings is 1. The molecule has 2 atom stereocenters. The average Bonchev–Trinajstić information content (AvgIpc) is 2.98. The Hall–Kier alpha value is -0.0300. The van der Waals surface area contributed by atoms with Gasteiger partial charge in [0.2, 0.25) is 5.91 Å². The third-order valence-electron chi connectivity index (χ3n) is 4.82. The number of carbonyl (C=O) groups excluding carboxylic acids is 1. The number of hydrogen-bond acceptors (Lipinski definition) is 3. The summed E-state index contributed by atoms with van der Waals surface area (Å²) in [6.07, 6.45) is 7.00. The highest BCUT2D eigenvalue weighted by Crippen LogP contribution is 2.22. The molecule has 132 valence electrons. The van der Waals surface area contributed by atoms with Gasteiger partial charge < -0.3 is 15.5 Å². The fraction of sp³-hybridized carbons (Fsp3) is 0.938. The van der Waals surface area contributed by atoms with Gasteiger partial charge in [0.15, 0.2) is 0 Å². The maximum Gasteiger partial charge on any atom is 0.220 e. The zero-order chi connectivity index (χ0) is 14.2. The number of hydrogen-bond donors (Lipinski definition) is 2. The first kappa shape index (κ1) is 22.0. The minimum atomic E-state index is 0. The Morgan fingerprint density at radius 3 is 2.64 bits per heavy atom. The quantitative estimate of drug-likeness (QED) is 0.691. The predicted octanol–water partition coefficient (Wildman–Crippen LogP) is 2.46. The zero-order valence-electron chi connectivity index (χ0n) is 13.8. The van der Waals surface area contributed by atoms with Crippen LogP contribution < -0.4 is 10.6 Å². The molecule has 2 fully saturated rings. The standard InChI is InChI=1S/C16H31N3O.2ClH/c1-14(15-6-4-7-17-13-15)12-16(20)18-8-5-11-19-9-2-3-10-19;;/h14-15,17H,2-13H2,1H3,(H,18,20);2*1H. The van der Waals surface area contributed by atoms with E-state index in [1.807, 2.05) is 0 Å². The lowest BCUT2D eigenvalue weighted by molar-refractivity contribution is -0.122. The van der Waals surface area contributed by atoms with Crippen molar-refractivity contribution in [3.05, 3.63) is 0 Å². The maximum atomic E-state index is 11.9. The van der Waals surface area contributed by atoms with Gasteiger partial charge in [-0.3, -0.25) is 4.79 Å². The van der Waals surface area contributed by atoms with Crippen LogP contribution in [0.4, 0.5) is 0 Å². The molecule has 0 bridgehead atoms. The highest BCUT2D eigenvalue weighted by Gasteiger charge is 2.21. The summed E-state index contributed by atoms with van der Waals surface area (Å²) >= 11 is 0. The van der Waals surface area contributed by atoms with E-state index in [4.69, 9.17) is 0 Å². The molecule has 2 rings (SSSR count). The van der Waals surface area contributed by atoms with Crippen molar-refractivity contribution in [2.75, 3.05) is 39.3 Å². The van der Waals surface area contributed by atoms with E-state index in [2.05, 4.69) is 22.5 Å². The highest BCUT2D eigenvalue weighted by atomic mass is 35.5. The van der Waals surface area contributed by atoms with Gasteiger partial charge in [0.1, 0.15) is 0 Å². The van der Waals surface area contributed by atoms with E-state index < -0.39 is 0 Å². The minimum Gasteiger partial charge on any atom is -0.356 e. The molecule has 0 spiro atoms. The van der Waals surface area contributed by atoms with Crippen LogP contribution in [0.3, 0.4) is 0 Å². The number of rotatable bonds is 7. The number of carbonyl (C=O) groups is 1. The van der Waals surface area contributed by atoms with Gasteiger partial charge in [0.05, 0.1) is 0 Å². The van der Waals surface area contributed by atoms with E-state index in [1.54, 1.807) is 0 Å². The van der Waals surface area contributed by atoms with Gasteiger partial charge in [-0.15, -0.1) is 24.8 Å². The van der Waals surface area contributed by atoms with Crippen LogP contribution in [-0.2, 0) is 4.79 Å². The third kappa shape index (κ3) is 8.00. The Balaban J connectivity index is 0.00000220. The molecule has 2 aliphatic rings. The van der Waals surface area contributed by atoms with Crippen LogP contribution >= 0.6 is 24.8 Å². The molecule has 2 saturated heterocycles. The Labute approximate surface area is 148 Å². The topological polar surface area (TPSA) is 44.4 Å². The largest absolute Gasteiger partial charge is 0.356 e. The molecule has 2 aliphatic heterocycles. The van der Waals surface area contributed by atoms with Gasteiger partial charge in [-0.1, -0.05) is 6.92 Å². The summed E-state index contributed by atoms with van der Waals surface area (Å²) in [4.78, 5) is 14.4. The van der Waals surface area contributed by atoms with Crippen molar-refractivity contribution < 1.29 is 4.79 Å². The highest BCUT2D eigenvalue weighted by molar-refractivity contribution is 5.85. The summed E-state index contributed by atoms with van der Waals surface area (Å²) < 4.78 is 0. The predicted molar refractivity (Wildman–Crippen MR) is 97.2 cm³/mol. The van der Waals surface area contributed by atoms with E-state index in [0.717, 1.165) is 32.6 Å². The van der Waals surface area contributed by atoms with Gasteiger partial charge in [0.25, 0.3) is 0 Å². The number of amides is 1. The second kappa shape index (κ2) is 12.4. The number of nitrogens with one attached hydrogen (secondary N) is 2. The van der Waals surface area contributed by atoms with Gasteiger partial charge in [0, 0.05) is 13.0 Å². The summed E-state index contributed by atoms with van der Waals surface area (Å²) in [6.45, 7) is 8.93. The fourth-order valence-electron chi connectivity index (χ4n) is 3.43. The molecule has 6 heteroatoms. The van der Waals surface area contributed by atoms with Crippen LogP contribution in [0.2, 0.25) is 0 Å². The molecular weight excluding hydrogens is 321 g/mol. The first-order chi connectivity index (χ1) is 9.75. The molecule has 4 nitrogen and oxygen atoms in total. The first-order valence-corrected chi connectivity index (χ1v) is 8.45. The smallest absolute Gasteiger partial charge is 0.220 e. The van der Waals surface area contributed by atoms with Gasteiger partial charge >= 0.3 is 0 Å². The van der Waals surface area contributed by atoms with Crippen LogP contribution in [0.1, 0.15) is 45.4 Å². The molecule has 2 unspecified atom stereocenters. The molecule has 0 aromatic carbocycles. The molecule has 22 heavy (non-hydrogen) atoms. The van der Waals surface area contributed by atoms with Crippen molar-refractivity contribution in [3.63, 3.8) is 0 Å². The second-order valence-corrected chi connectivity index (χ2v) is 6.54. The molecule has 0 saturated carbocycles. The SMILES string of the molecule is CC(CC(=O)NCCCN1CCCC1)C1CCCNC1.Cl.Cl. The maximum absolute atomic E-state index is 11.9. The first-order valence-electron chi connectivity index (χ1n) is 8.45. The number of halogens is 2. The third-order valence-corrected chi connectivity index (χ3v) is 4.82. The summed E-state index contributed by atoms with van der Waals surface area (Å²) in [5.74, 6) is 1.42. The van der Waals surface area contributed by atoms with Crippen LogP contribution in [0, 0.1) is 11.8 Å². The molecule has 2 N–H and O–H groups in total. The van der Waals surface area contributed by atoms with Gasteiger partial charge in [-0.05, 0) is 76.7 Å². The summed E-state index contributed by atoms with van der Waals surface area (Å²) in [5.41, 5.74) is 0. The minimum absolute atomic E-state index is 0. The van der Waals surface area contributed by atoms with Crippen molar-refractivity contribution in [1.29, 1.82) is 0 Å². The van der Waals surface area contributed by atoms with E-state index in [-0.39, 0.29) is 30.7 Å². The lowest BCUT2D eigenvalue weighted by Crippen LogP contribution is -2.36. The molecule has 0 radical (unpaired) electrons. The fourth-order valence-corrected chi connectivity index (χ4v) is 3.43. The van der Waals surface area contributed by atoms with Crippen LogP contribution in [0.25, 0.3) is 0 Å². The number of nitrogens with zero attached hydrogens (tertiary/aromatic N) is 1. The lowest BCUT2D eigenvalue weighted by Gasteiger charge is -2.28. The monoisotopic (exact) mass is 353 g/mol. The van der Waals surface area contributed by atoms with Crippen LogP contribution in [0.15, 0.2) is 0 Å². The Morgan fingerprint density at radius 1 is 1.27 bits per heavy atom. The van der Waals surface area contributed by atoms with Crippen molar-refractivity contribution in [2.45, 2.75) is 45.4 Å². The summed E-state index contributed by atoms with van der Waals surface area (Å²) in [5, 5.41) is 6.53. The van der Waals surface area contributed by atoms with Gasteiger partial charge in [-0.25, -0.2) is 0 Å². The van der Waals surface area contributed by atoms with E-state index >= 15 is 0 Å². The van der Waals surface area contributed by atoms with Crippen molar-refractivity contribution in [2.24, 2.45) is 11.8 Å². The molecule has 0 aliphatic carbocycles. The molecule has 1 amide bonds. The van der Waals surface area contributed by atoms with E-state index in [1.165, 1.54) is 38.8 Å². The van der Waals surface area contributed by atoms with Gasteiger partial charge in [-0.2, -0.15) is 0 Å². The zero-order valence-corrected chi connectivity index (χ0v) is 15.4. The molecule has 2 heterocycles. The normalized spacial score (nSPS) is 23.2. The lowest BCUT2D eigenvalue weighted by atomic mass is 9.85. The average molecular weight is 354 g/mol. The molecule has 0 aromatic heterocycles. The van der Waals surface area contributed by atoms with E-state index in [0.29, 0.717) is 18.3 Å². The van der Waals surface area contributed by atoms with Crippen LogP contribution in [0.5, 0.6) is 0 Å². The van der Waals surface area contributed by atoms with Crippen molar-refractivity contribution in [3.8, 4) is 0 Å². The Kier molecular flexibility index (Phi) is 12.4. The number of likely N-dealkylation sites (tertiary alicyclic amines) is 1. The Bertz CT molecular complexity index is 293. The molecular formula is C16H33Cl2N3O.